The highest BCUT2D eigenvalue weighted by Gasteiger charge is 2.35. The molecule has 0 bridgehead atoms. The minimum Gasteiger partial charge on any atom is -0.303 e. The Morgan fingerprint density at radius 1 is 1.10 bits per heavy atom. The van der Waals surface area contributed by atoms with E-state index in [-0.39, 0.29) is 17.0 Å². The molecule has 1 N–H and O–H groups in total. The van der Waals surface area contributed by atoms with Gasteiger partial charge in [0.2, 0.25) is 0 Å². The number of carbonyl (C=O) groups excluding carboxylic acids is 1. The van der Waals surface area contributed by atoms with Crippen LogP contribution in [-0.4, -0.2) is 17.4 Å². The number of ketones is 1. The van der Waals surface area contributed by atoms with Crippen LogP contribution in [0.15, 0.2) is 0 Å². The van der Waals surface area contributed by atoms with Crippen molar-refractivity contribution in [3.63, 3.8) is 0 Å². The predicted molar refractivity (Wildman–Crippen MR) is 86.9 cm³/mol. The summed E-state index contributed by atoms with van der Waals surface area (Å²) in [5.41, 5.74) is 0.192. The van der Waals surface area contributed by atoms with E-state index in [1.54, 1.807) is 0 Å². The van der Waals surface area contributed by atoms with Gasteiger partial charge in [-0.3, -0.25) is 4.79 Å². The maximum absolute atomic E-state index is 12.7. The smallest absolute Gasteiger partial charge is 0.155 e. The molecule has 1 aliphatic carbocycles. The quantitative estimate of drug-likeness (QED) is 0.790. The maximum atomic E-state index is 12.7. The van der Waals surface area contributed by atoms with Crippen molar-refractivity contribution in [1.29, 1.82) is 0 Å². The third-order valence-corrected chi connectivity index (χ3v) is 4.51. The zero-order valence-corrected chi connectivity index (χ0v) is 14.7. The van der Waals surface area contributed by atoms with Gasteiger partial charge in [0.25, 0.3) is 0 Å². The molecule has 118 valence electrons. The lowest BCUT2D eigenvalue weighted by molar-refractivity contribution is -0.129. The van der Waals surface area contributed by atoms with Gasteiger partial charge < -0.3 is 5.32 Å². The third kappa shape index (κ3) is 5.55. The van der Waals surface area contributed by atoms with E-state index >= 15 is 0 Å². The van der Waals surface area contributed by atoms with Gasteiger partial charge in [-0.05, 0) is 51.9 Å². The highest BCUT2D eigenvalue weighted by Crippen LogP contribution is 2.42. The Balaban J connectivity index is 2.70. The summed E-state index contributed by atoms with van der Waals surface area (Å²) in [6, 6.07) is -0.00701. The summed E-state index contributed by atoms with van der Waals surface area (Å²) in [5, 5.41) is 3.55. The number of carbonyl (C=O) groups is 1. The molecule has 0 aromatic heterocycles. The number of hydrogen-bond acceptors (Lipinski definition) is 2. The Kier molecular flexibility index (Phi) is 5.46. The van der Waals surface area contributed by atoms with Gasteiger partial charge in [0.1, 0.15) is 0 Å². The van der Waals surface area contributed by atoms with Gasteiger partial charge in [0.15, 0.2) is 5.78 Å². The van der Waals surface area contributed by atoms with E-state index in [1.165, 1.54) is 32.1 Å². The molecule has 0 saturated heterocycles. The number of rotatable bonds is 5. The highest BCUT2D eigenvalue weighted by atomic mass is 16.1. The fraction of sp³-hybridized carbons (Fsp3) is 0.944. The molecule has 2 nitrogen and oxygen atoms in total. The summed E-state index contributed by atoms with van der Waals surface area (Å²) >= 11 is 0. The van der Waals surface area contributed by atoms with Crippen LogP contribution < -0.4 is 5.32 Å². The van der Waals surface area contributed by atoms with Crippen molar-refractivity contribution in [2.75, 3.05) is 0 Å². The van der Waals surface area contributed by atoms with Crippen LogP contribution in [0.1, 0.15) is 87.0 Å². The molecule has 0 radical (unpaired) electrons. The van der Waals surface area contributed by atoms with E-state index < -0.39 is 0 Å². The monoisotopic (exact) mass is 281 g/mol. The molecule has 1 atom stereocenters. The van der Waals surface area contributed by atoms with Crippen LogP contribution in [0.25, 0.3) is 0 Å². The third-order valence-electron chi connectivity index (χ3n) is 4.51. The summed E-state index contributed by atoms with van der Waals surface area (Å²) in [6.45, 7) is 14.9. The minimum absolute atomic E-state index is 0.00701. The molecule has 0 aromatic rings. The molecular formula is C18H35NO. The molecule has 0 amide bonds. The molecule has 1 rings (SSSR count). The summed E-state index contributed by atoms with van der Waals surface area (Å²) in [6.07, 6.45) is 7.53. The van der Waals surface area contributed by atoms with E-state index in [1.807, 2.05) is 20.8 Å². The molecule has 2 heteroatoms. The summed E-state index contributed by atoms with van der Waals surface area (Å²) in [4.78, 5) is 12.7. The van der Waals surface area contributed by atoms with Crippen molar-refractivity contribution in [1.82, 2.24) is 5.32 Å². The Labute approximate surface area is 126 Å². The molecule has 1 unspecified atom stereocenters. The number of Topliss-reactive ketones (excluding diaryl/α,β-unsaturated/α-hetero) is 1. The normalized spacial score (nSPS) is 20.9. The van der Waals surface area contributed by atoms with Crippen LogP contribution in [0.3, 0.4) is 0 Å². The molecule has 1 fully saturated rings. The van der Waals surface area contributed by atoms with Crippen LogP contribution in [0.2, 0.25) is 0 Å². The van der Waals surface area contributed by atoms with Crippen LogP contribution in [0, 0.1) is 10.8 Å². The van der Waals surface area contributed by atoms with Crippen molar-refractivity contribution in [3.8, 4) is 0 Å². The van der Waals surface area contributed by atoms with Gasteiger partial charge >= 0.3 is 0 Å². The first-order chi connectivity index (χ1) is 8.93. The molecular weight excluding hydrogens is 246 g/mol. The van der Waals surface area contributed by atoms with Crippen molar-refractivity contribution < 1.29 is 4.79 Å². The maximum Gasteiger partial charge on any atom is 0.155 e. The first-order valence-corrected chi connectivity index (χ1v) is 8.25. The highest BCUT2D eigenvalue weighted by molar-refractivity contribution is 5.88. The standard InChI is InChI=1S/C18H35NO/c1-16(2,3)15(20)14(19-17(4,5)6)10-13-18(7)11-8-9-12-18/h14,19H,8-13H2,1-7H3. The Bertz CT molecular complexity index is 326. The van der Waals surface area contributed by atoms with E-state index in [0.29, 0.717) is 11.2 Å². The van der Waals surface area contributed by atoms with Gasteiger partial charge in [0, 0.05) is 11.0 Å². The Morgan fingerprint density at radius 3 is 2.00 bits per heavy atom. The van der Waals surface area contributed by atoms with E-state index in [4.69, 9.17) is 0 Å². The average molecular weight is 281 g/mol. The second kappa shape index (κ2) is 6.17. The summed E-state index contributed by atoms with van der Waals surface area (Å²) in [7, 11) is 0. The number of nitrogens with one attached hydrogen (secondary N) is 1. The first-order valence-electron chi connectivity index (χ1n) is 8.25. The Morgan fingerprint density at radius 2 is 1.60 bits per heavy atom. The van der Waals surface area contributed by atoms with Gasteiger partial charge in [-0.1, -0.05) is 40.5 Å². The largest absolute Gasteiger partial charge is 0.303 e. The second-order valence-electron chi connectivity index (χ2n) is 9.12. The lowest BCUT2D eigenvalue weighted by Gasteiger charge is -2.34. The predicted octanol–water partition coefficient (Wildman–Crippen LogP) is 4.72. The van der Waals surface area contributed by atoms with E-state index in [0.717, 1.165) is 6.42 Å². The van der Waals surface area contributed by atoms with Crippen molar-refractivity contribution in [2.45, 2.75) is 98.6 Å². The topological polar surface area (TPSA) is 29.1 Å². The van der Waals surface area contributed by atoms with Crippen molar-refractivity contribution in [3.05, 3.63) is 0 Å². The molecule has 1 saturated carbocycles. The minimum atomic E-state index is -0.264. The SMILES string of the molecule is CC1(CCC(NC(C)(C)C)C(=O)C(C)(C)C)CCCC1. The van der Waals surface area contributed by atoms with E-state index in [2.05, 4.69) is 33.0 Å². The van der Waals surface area contributed by atoms with Crippen LogP contribution in [0.5, 0.6) is 0 Å². The number of hydrogen-bond donors (Lipinski definition) is 1. The summed E-state index contributed by atoms with van der Waals surface area (Å²) in [5.74, 6) is 0.356. The van der Waals surface area contributed by atoms with Gasteiger partial charge in [-0.2, -0.15) is 0 Å². The lowest BCUT2D eigenvalue weighted by atomic mass is 9.78. The van der Waals surface area contributed by atoms with Crippen LogP contribution in [-0.2, 0) is 4.79 Å². The zero-order chi connectivity index (χ0) is 15.6. The van der Waals surface area contributed by atoms with Crippen LogP contribution in [0.4, 0.5) is 0 Å². The molecule has 20 heavy (non-hydrogen) atoms. The first kappa shape index (κ1) is 17.7. The van der Waals surface area contributed by atoms with E-state index in [9.17, 15) is 4.79 Å². The molecule has 0 heterocycles. The summed E-state index contributed by atoms with van der Waals surface area (Å²) < 4.78 is 0. The van der Waals surface area contributed by atoms with Crippen molar-refractivity contribution in [2.24, 2.45) is 10.8 Å². The zero-order valence-electron chi connectivity index (χ0n) is 14.7. The Hall–Kier alpha value is -0.370. The van der Waals surface area contributed by atoms with Gasteiger partial charge in [-0.15, -0.1) is 0 Å². The molecule has 0 aromatic carbocycles. The fourth-order valence-corrected chi connectivity index (χ4v) is 3.29. The fourth-order valence-electron chi connectivity index (χ4n) is 3.29. The molecule has 0 spiro atoms. The van der Waals surface area contributed by atoms with Gasteiger partial charge in [-0.25, -0.2) is 0 Å². The van der Waals surface area contributed by atoms with Crippen LogP contribution >= 0.6 is 0 Å². The second-order valence-corrected chi connectivity index (χ2v) is 9.12. The molecule has 1 aliphatic rings. The lowest BCUT2D eigenvalue weighted by Crippen LogP contribution is -2.51. The van der Waals surface area contributed by atoms with Gasteiger partial charge in [0.05, 0.1) is 6.04 Å². The van der Waals surface area contributed by atoms with Crippen molar-refractivity contribution >= 4 is 5.78 Å². The molecule has 0 aliphatic heterocycles. The average Bonchev–Trinajstić information content (AvgIpc) is 2.68.